The number of halogens is 1. The molecule has 0 radical (unpaired) electrons. The number of nitrogens with one attached hydrogen (secondary N) is 1. The van der Waals surface area contributed by atoms with E-state index >= 15 is 0 Å². The Balaban J connectivity index is 1.40. The fraction of sp³-hybridized carbons (Fsp3) is 0.125. The number of fused-ring (bicyclic) bond motifs is 1. The average molecular weight is 527 g/mol. The number of amides is 1. The van der Waals surface area contributed by atoms with Gasteiger partial charge in [0, 0.05) is 10.6 Å². The first-order valence-electron chi connectivity index (χ1n) is 10.6. The van der Waals surface area contributed by atoms with Gasteiger partial charge in [-0.2, -0.15) is 0 Å². The number of anilines is 2. The van der Waals surface area contributed by atoms with Gasteiger partial charge >= 0.3 is 0 Å². The molecule has 0 fully saturated rings. The van der Waals surface area contributed by atoms with Gasteiger partial charge in [0.1, 0.15) is 10.8 Å². The van der Waals surface area contributed by atoms with Crippen molar-refractivity contribution in [3.8, 4) is 16.3 Å². The van der Waals surface area contributed by atoms with Crippen molar-refractivity contribution in [2.75, 3.05) is 16.2 Å². The number of aryl methyl sites for hydroxylation is 1. The smallest absolute Gasteiger partial charge is 0.269 e. The number of hydrogen-bond donors (Lipinski definition) is 1. The SMILES string of the molecule is Cc1ccc(S(=O)(=O)N2CC(C(=O)Nc3nnc(-c4ccc(Cl)cc4)s3)Oc3ccccc32)cc1. The normalized spacial score (nSPS) is 15.3. The van der Waals surface area contributed by atoms with Gasteiger partial charge in [0.05, 0.1) is 17.1 Å². The highest BCUT2D eigenvalue weighted by molar-refractivity contribution is 7.92. The van der Waals surface area contributed by atoms with Gasteiger partial charge in [-0.05, 0) is 43.3 Å². The lowest BCUT2D eigenvalue weighted by molar-refractivity contribution is -0.122. The van der Waals surface area contributed by atoms with Gasteiger partial charge in [-0.1, -0.05) is 64.9 Å². The van der Waals surface area contributed by atoms with E-state index in [0.29, 0.717) is 21.5 Å². The number of nitrogens with zero attached hydrogens (tertiary/aromatic N) is 3. The number of sulfonamides is 1. The summed E-state index contributed by atoms with van der Waals surface area (Å²) in [6, 6.07) is 20.4. The highest BCUT2D eigenvalue weighted by atomic mass is 35.5. The third kappa shape index (κ3) is 4.72. The number of carbonyl (C=O) groups is 1. The first kappa shape index (κ1) is 23.3. The van der Waals surface area contributed by atoms with Crippen LogP contribution in [0, 0.1) is 6.92 Å². The standard InChI is InChI=1S/C24H19ClN4O4S2/c1-15-6-12-18(13-7-15)35(31,32)29-14-21(33-20-5-3-2-4-19(20)29)22(30)26-24-28-27-23(34-24)16-8-10-17(25)11-9-16/h2-13,21H,14H2,1H3,(H,26,28,30). The molecule has 1 atom stereocenters. The van der Waals surface area contributed by atoms with Gasteiger partial charge in [0.25, 0.3) is 15.9 Å². The number of para-hydroxylation sites is 2. The Hall–Kier alpha value is -3.47. The minimum absolute atomic E-state index is 0.135. The molecule has 4 aromatic rings. The van der Waals surface area contributed by atoms with Crippen molar-refractivity contribution in [2.24, 2.45) is 0 Å². The molecule has 1 N–H and O–H groups in total. The van der Waals surface area contributed by atoms with Gasteiger partial charge < -0.3 is 4.74 Å². The topological polar surface area (TPSA) is 101 Å². The molecule has 0 saturated heterocycles. The van der Waals surface area contributed by atoms with Crippen molar-refractivity contribution < 1.29 is 17.9 Å². The highest BCUT2D eigenvalue weighted by Gasteiger charge is 2.37. The van der Waals surface area contributed by atoms with Gasteiger partial charge in [-0.3, -0.25) is 14.4 Å². The van der Waals surface area contributed by atoms with Crippen LogP contribution in [-0.2, 0) is 14.8 Å². The van der Waals surface area contributed by atoms with E-state index in [-0.39, 0.29) is 16.6 Å². The maximum absolute atomic E-state index is 13.5. The molecular weight excluding hydrogens is 508 g/mol. The number of benzene rings is 3. The Bertz CT molecular complexity index is 1490. The number of hydrogen-bond acceptors (Lipinski definition) is 7. The summed E-state index contributed by atoms with van der Waals surface area (Å²) >= 11 is 7.12. The molecule has 1 aliphatic heterocycles. The van der Waals surface area contributed by atoms with Gasteiger partial charge in [-0.15, -0.1) is 10.2 Å². The molecule has 1 aromatic heterocycles. The number of carbonyl (C=O) groups excluding carboxylic acids is 1. The molecule has 3 aromatic carbocycles. The van der Waals surface area contributed by atoms with Crippen LogP contribution in [0.15, 0.2) is 77.7 Å². The lowest BCUT2D eigenvalue weighted by Gasteiger charge is -2.34. The predicted octanol–water partition coefficient (Wildman–Crippen LogP) is 4.76. The summed E-state index contributed by atoms with van der Waals surface area (Å²) in [7, 11) is -3.93. The van der Waals surface area contributed by atoms with Crippen molar-refractivity contribution in [2.45, 2.75) is 17.9 Å². The van der Waals surface area contributed by atoms with Crippen molar-refractivity contribution in [1.82, 2.24) is 10.2 Å². The molecule has 5 rings (SSSR count). The fourth-order valence-corrected chi connectivity index (χ4v) is 5.93. The van der Waals surface area contributed by atoms with Crippen LogP contribution in [0.5, 0.6) is 5.75 Å². The molecule has 2 heterocycles. The molecule has 0 spiro atoms. The van der Waals surface area contributed by atoms with Crippen LogP contribution in [0.4, 0.5) is 10.8 Å². The molecule has 35 heavy (non-hydrogen) atoms. The van der Waals surface area contributed by atoms with E-state index in [1.54, 1.807) is 60.7 Å². The van der Waals surface area contributed by atoms with Crippen LogP contribution in [0.1, 0.15) is 5.56 Å². The molecule has 8 nitrogen and oxygen atoms in total. The molecule has 178 valence electrons. The summed E-state index contributed by atoms with van der Waals surface area (Å²) in [4.78, 5) is 13.2. The van der Waals surface area contributed by atoms with Crippen molar-refractivity contribution in [3.63, 3.8) is 0 Å². The second-order valence-corrected chi connectivity index (χ2v) is 11.1. The molecular formula is C24H19ClN4O4S2. The largest absolute Gasteiger partial charge is 0.476 e. The lowest BCUT2D eigenvalue weighted by Crippen LogP contribution is -2.48. The Morgan fingerprint density at radius 3 is 2.51 bits per heavy atom. The first-order chi connectivity index (χ1) is 16.8. The van der Waals surface area contributed by atoms with Crippen molar-refractivity contribution in [3.05, 3.63) is 83.4 Å². The van der Waals surface area contributed by atoms with E-state index in [4.69, 9.17) is 16.3 Å². The Morgan fingerprint density at radius 1 is 1.06 bits per heavy atom. The summed E-state index contributed by atoms with van der Waals surface area (Å²) < 4.78 is 34.0. The monoisotopic (exact) mass is 526 g/mol. The zero-order valence-corrected chi connectivity index (χ0v) is 20.8. The lowest BCUT2D eigenvalue weighted by atomic mass is 10.2. The molecule has 11 heteroatoms. The third-order valence-corrected chi connectivity index (χ3v) is 8.32. The summed E-state index contributed by atoms with van der Waals surface area (Å²) in [6.45, 7) is 1.69. The van der Waals surface area contributed by atoms with Crippen LogP contribution >= 0.6 is 22.9 Å². The van der Waals surface area contributed by atoms with E-state index < -0.39 is 22.0 Å². The van der Waals surface area contributed by atoms with Gasteiger partial charge in [0.15, 0.2) is 6.10 Å². The summed E-state index contributed by atoms with van der Waals surface area (Å²) in [5.41, 5.74) is 2.13. The Kier molecular flexibility index (Phi) is 6.18. The molecule has 0 bridgehead atoms. The predicted molar refractivity (Wildman–Crippen MR) is 136 cm³/mol. The van der Waals surface area contributed by atoms with Crippen LogP contribution < -0.4 is 14.4 Å². The zero-order chi connectivity index (χ0) is 24.6. The second-order valence-electron chi connectivity index (χ2n) is 7.83. The van der Waals surface area contributed by atoms with E-state index in [9.17, 15) is 13.2 Å². The third-order valence-electron chi connectivity index (χ3n) is 5.38. The van der Waals surface area contributed by atoms with E-state index in [1.165, 1.54) is 15.6 Å². The zero-order valence-electron chi connectivity index (χ0n) is 18.4. The minimum Gasteiger partial charge on any atom is -0.476 e. The first-order valence-corrected chi connectivity index (χ1v) is 13.2. The number of aromatic nitrogens is 2. The van der Waals surface area contributed by atoms with Crippen molar-refractivity contribution >= 4 is 49.7 Å². The van der Waals surface area contributed by atoms with Crippen LogP contribution in [-0.4, -0.2) is 37.2 Å². The quantitative estimate of drug-likeness (QED) is 0.402. The average Bonchev–Trinajstić information content (AvgIpc) is 3.32. The van der Waals surface area contributed by atoms with E-state index in [1.807, 2.05) is 19.1 Å². The van der Waals surface area contributed by atoms with Crippen LogP contribution in [0.3, 0.4) is 0 Å². The summed E-state index contributed by atoms with van der Waals surface area (Å²) in [5.74, 6) is -0.226. The van der Waals surface area contributed by atoms with Crippen LogP contribution in [0.25, 0.3) is 10.6 Å². The summed E-state index contributed by atoms with van der Waals surface area (Å²) in [5, 5.41) is 12.3. The maximum atomic E-state index is 13.5. The number of ether oxygens (including phenoxy) is 1. The molecule has 1 amide bonds. The molecule has 0 aliphatic carbocycles. The molecule has 1 unspecified atom stereocenters. The second kappa shape index (κ2) is 9.29. The van der Waals surface area contributed by atoms with E-state index in [0.717, 1.165) is 11.1 Å². The Morgan fingerprint density at radius 2 is 1.77 bits per heavy atom. The molecule has 0 saturated carbocycles. The Labute approximate surface area is 211 Å². The van der Waals surface area contributed by atoms with E-state index in [2.05, 4.69) is 15.5 Å². The van der Waals surface area contributed by atoms with Crippen molar-refractivity contribution in [1.29, 1.82) is 0 Å². The van der Waals surface area contributed by atoms with Gasteiger partial charge in [0.2, 0.25) is 5.13 Å². The highest BCUT2D eigenvalue weighted by Crippen LogP contribution is 2.37. The van der Waals surface area contributed by atoms with Gasteiger partial charge in [-0.25, -0.2) is 8.42 Å². The maximum Gasteiger partial charge on any atom is 0.269 e. The summed E-state index contributed by atoms with van der Waals surface area (Å²) in [6.07, 6.45) is -1.09. The fourth-order valence-electron chi connectivity index (χ4n) is 3.57. The minimum atomic E-state index is -3.93. The molecule has 1 aliphatic rings. The number of rotatable bonds is 5. The van der Waals surface area contributed by atoms with Crippen LogP contribution in [0.2, 0.25) is 5.02 Å².